The Morgan fingerprint density at radius 3 is 1.75 bits per heavy atom. The van der Waals surface area contributed by atoms with Crippen molar-refractivity contribution in [1.82, 2.24) is 10.3 Å². The average Bonchev–Trinajstić information content (AvgIpc) is 2.60. The molecule has 0 fully saturated rings. The summed E-state index contributed by atoms with van der Waals surface area (Å²) in [7, 11) is 0. The van der Waals surface area contributed by atoms with E-state index in [0.717, 1.165) is 38.8 Å². The van der Waals surface area contributed by atoms with E-state index >= 15 is 0 Å². The van der Waals surface area contributed by atoms with E-state index in [1.807, 2.05) is 0 Å². The van der Waals surface area contributed by atoms with E-state index in [2.05, 4.69) is 24.4 Å². The molecule has 0 atom stereocenters. The molecule has 0 aromatic heterocycles. The Kier molecular flexibility index (Phi) is 17.5. The van der Waals surface area contributed by atoms with Crippen LogP contribution >= 0.6 is 0 Å². The van der Waals surface area contributed by atoms with Gasteiger partial charge in [0.25, 0.3) is 0 Å². The van der Waals surface area contributed by atoms with Crippen LogP contribution in [0.4, 0.5) is 0 Å². The van der Waals surface area contributed by atoms with Crippen LogP contribution in [-0.4, -0.2) is 41.4 Å². The third-order valence-electron chi connectivity index (χ3n) is 4.32. The van der Waals surface area contributed by atoms with Crippen LogP contribution in [0.15, 0.2) is 5.28 Å². The van der Waals surface area contributed by atoms with Gasteiger partial charge in [0.15, 0.2) is 0 Å². The average molecular weight is 345 g/mol. The number of unbranched alkanes of at least 4 members (excludes halogenated alkanes) is 9. The maximum absolute atomic E-state index is 11.5. The van der Waals surface area contributed by atoms with E-state index in [4.69, 9.17) is 5.21 Å². The molecule has 6 heteroatoms. The summed E-state index contributed by atoms with van der Waals surface area (Å²) in [6.07, 6.45) is 14.2. The van der Waals surface area contributed by atoms with Gasteiger partial charge in [-0.3, -0.25) is 0 Å². The first-order valence-electron chi connectivity index (χ1n) is 10.0. The Morgan fingerprint density at radius 1 is 0.792 bits per heavy atom. The first kappa shape index (κ1) is 23.0. The van der Waals surface area contributed by atoms with Crippen molar-refractivity contribution in [3.63, 3.8) is 0 Å². The third kappa shape index (κ3) is 14.5. The van der Waals surface area contributed by atoms with Gasteiger partial charge in [0.2, 0.25) is 5.28 Å². The van der Waals surface area contributed by atoms with Gasteiger partial charge in [-0.15, -0.1) is 5.01 Å². The van der Waals surface area contributed by atoms with E-state index in [-0.39, 0.29) is 0 Å². The third-order valence-corrected chi connectivity index (χ3v) is 4.32. The lowest BCUT2D eigenvalue weighted by Gasteiger charge is -2.17. The SMILES string of the molecule is CCCCCCNCCCCCCN(CCCCCC)/[N+]([O-])=N/O. The lowest BCUT2D eigenvalue weighted by Crippen LogP contribution is -2.32. The zero-order valence-corrected chi connectivity index (χ0v) is 16.0. The number of nitrogens with zero attached hydrogens (tertiary/aromatic N) is 3. The van der Waals surface area contributed by atoms with Crippen LogP contribution in [0.2, 0.25) is 0 Å². The fourth-order valence-electron chi connectivity index (χ4n) is 2.76. The largest absolute Gasteiger partial charge is 0.569 e. The Balaban J connectivity index is 3.55. The Labute approximate surface area is 148 Å². The molecule has 0 spiro atoms. The van der Waals surface area contributed by atoms with Crippen LogP contribution in [0, 0.1) is 5.21 Å². The topological polar surface area (TPSA) is 73.9 Å². The van der Waals surface area contributed by atoms with Gasteiger partial charge in [0.1, 0.15) is 0 Å². The van der Waals surface area contributed by atoms with E-state index in [0.29, 0.717) is 18.1 Å². The summed E-state index contributed by atoms with van der Waals surface area (Å²) < 4.78 is 0. The highest BCUT2D eigenvalue weighted by atomic mass is 16.6. The van der Waals surface area contributed by atoms with Crippen molar-refractivity contribution in [1.29, 1.82) is 0 Å². The molecular weight excluding hydrogens is 304 g/mol. The molecule has 24 heavy (non-hydrogen) atoms. The molecule has 0 unspecified atom stereocenters. The van der Waals surface area contributed by atoms with Gasteiger partial charge in [0, 0.05) is 0 Å². The van der Waals surface area contributed by atoms with Crippen molar-refractivity contribution in [3.05, 3.63) is 5.21 Å². The summed E-state index contributed by atoms with van der Waals surface area (Å²) in [5, 5.41) is 28.0. The van der Waals surface area contributed by atoms with Gasteiger partial charge in [-0.2, -0.15) is 0 Å². The zero-order chi connectivity index (χ0) is 17.9. The molecule has 144 valence electrons. The number of hydrogen-bond donors (Lipinski definition) is 2. The maximum Gasteiger partial charge on any atom is 0.230 e. The number of nitrogens with one attached hydrogen (secondary N) is 1. The molecule has 0 aliphatic heterocycles. The summed E-state index contributed by atoms with van der Waals surface area (Å²) in [4.78, 5) is 0.337. The summed E-state index contributed by atoms with van der Waals surface area (Å²) in [5.41, 5.74) is 0. The summed E-state index contributed by atoms with van der Waals surface area (Å²) in [5.74, 6) is 0. The van der Waals surface area contributed by atoms with Gasteiger partial charge in [0.05, 0.1) is 18.1 Å². The van der Waals surface area contributed by atoms with Crippen molar-refractivity contribution in [2.24, 2.45) is 5.28 Å². The van der Waals surface area contributed by atoms with E-state index in [1.54, 1.807) is 5.01 Å². The van der Waals surface area contributed by atoms with Crippen LogP contribution in [0.3, 0.4) is 0 Å². The standard InChI is InChI=1S/C18H40N4O2/c1-3-5-7-11-15-19-16-12-9-10-14-18-21(22(24)20-23)17-13-8-6-4-2/h19,23H,3-18H2,1-2H3/b22-20-. The molecule has 0 heterocycles. The minimum Gasteiger partial charge on any atom is -0.569 e. The molecule has 0 radical (unpaired) electrons. The molecule has 0 aromatic carbocycles. The maximum atomic E-state index is 11.5. The number of hydrazine groups is 1. The van der Waals surface area contributed by atoms with Crippen molar-refractivity contribution in [3.8, 4) is 0 Å². The molecule has 0 aliphatic rings. The molecule has 2 N–H and O–H groups in total. The van der Waals surface area contributed by atoms with Crippen molar-refractivity contribution >= 4 is 0 Å². The molecule has 0 aliphatic carbocycles. The summed E-state index contributed by atoms with van der Waals surface area (Å²) >= 11 is 0. The van der Waals surface area contributed by atoms with E-state index in [9.17, 15) is 5.21 Å². The quantitative estimate of drug-likeness (QED) is 0.161. The summed E-state index contributed by atoms with van der Waals surface area (Å²) in [6, 6.07) is 0. The molecule has 0 saturated carbocycles. The second-order valence-electron chi connectivity index (χ2n) is 6.58. The zero-order valence-electron chi connectivity index (χ0n) is 16.0. The molecule has 0 saturated heterocycles. The van der Waals surface area contributed by atoms with E-state index in [1.165, 1.54) is 51.4 Å². The molecular formula is C18H40N4O2. The van der Waals surface area contributed by atoms with Gasteiger partial charge in [-0.25, -0.2) is 0 Å². The highest BCUT2D eigenvalue weighted by molar-refractivity contribution is 4.53. The van der Waals surface area contributed by atoms with Gasteiger partial charge in [-0.05, 0) is 38.8 Å². The fourth-order valence-corrected chi connectivity index (χ4v) is 2.76. The second-order valence-corrected chi connectivity index (χ2v) is 6.58. The molecule has 0 aromatic rings. The molecule has 0 rings (SSSR count). The monoisotopic (exact) mass is 344 g/mol. The Bertz CT molecular complexity index is 288. The first-order valence-corrected chi connectivity index (χ1v) is 10.0. The molecule has 0 bridgehead atoms. The van der Waals surface area contributed by atoms with Gasteiger partial charge < -0.3 is 15.7 Å². The number of hydrogen-bond acceptors (Lipinski definition) is 3. The Morgan fingerprint density at radius 2 is 1.25 bits per heavy atom. The van der Waals surface area contributed by atoms with Crippen LogP contribution in [-0.2, 0) is 0 Å². The van der Waals surface area contributed by atoms with Crippen LogP contribution in [0.5, 0.6) is 0 Å². The van der Waals surface area contributed by atoms with Gasteiger partial charge >= 0.3 is 0 Å². The lowest BCUT2D eigenvalue weighted by atomic mass is 10.1. The first-order chi connectivity index (χ1) is 11.8. The fraction of sp³-hybridized carbons (Fsp3) is 1.00. The van der Waals surface area contributed by atoms with Crippen LogP contribution < -0.4 is 5.32 Å². The second kappa shape index (κ2) is 18.3. The normalized spacial score (nSPS) is 11.8. The van der Waals surface area contributed by atoms with Crippen molar-refractivity contribution in [2.75, 3.05) is 26.2 Å². The smallest absolute Gasteiger partial charge is 0.230 e. The number of rotatable bonds is 18. The van der Waals surface area contributed by atoms with Crippen LogP contribution in [0.1, 0.15) is 90.9 Å². The van der Waals surface area contributed by atoms with E-state index < -0.39 is 0 Å². The lowest BCUT2D eigenvalue weighted by molar-refractivity contribution is -0.709. The van der Waals surface area contributed by atoms with Gasteiger partial charge in [-0.1, -0.05) is 65.2 Å². The predicted octanol–water partition coefficient (Wildman–Crippen LogP) is 4.87. The molecule has 6 nitrogen and oxygen atoms in total. The minimum atomic E-state index is 0.337. The van der Waals surface area contributed by atoms with Crippen molar-refractivity contribution < 1.29 is 10.2 Å². The highest BCUT2D eigenvalue weighted by Crippen LogP contribution is 2.06. The Hall–Kier alpha value is -1.04. The summed E-state index contributed by atoms with van der Waals surface area (Å²) in [6.45, 7) is 7.97. The minimum absolute atomic E-state index is 0.337. The van der Waals surface area contributed by atoms with Crippen molar-refractivity contribution in [2.45, 2.75) is 90.9 Å². The highest BCUT2D eigenvalue weighted by Gasteiger charge is 2.11. The van der Waals surface area contributed by atoms with Crippen LogP contribution in [0.25, 0.3) is 0 Å². The predicted molar refractivity (Wildman–Crippen MR) is 99.0 cm³/mol. The molecule has 0 amide bonds.